The second kappa shape index (κ2) is 6.66. The fourth-order valence-electron chi connectivity index (χ4n) is 2.59. The summed E-state index contributed by atoms with van der Waals surface area (Å²) in [5, 5.41) is 9.34. The molecule has 1 aromatic rings. The van der Waals surface area contributed by atoms with Gasteiger partial charge in [0.1, 0.15) is 0 Å². The Labute approximate surface area is 127 Å². The fraction of sp³-hybridized carbons (Fsp3) is 0.533. The molecule has 7 heteroatoms. The highest BCUT2D eigenvalue weighted by molar-refractivity contribution is 5.96. The highest BCUT2D eigenvalue weighted by atomic mass is 19.4. The molecule has 1 heterocycles. The Morgan fingerprint density at radius 2 is 1.82 bits per heavy atom. The molecule has 1 atom stereocenters. The molecule has 0 saturated carbocycles. The lowest BCUT2D eigenvalue weighted by atomic mass is 10.1. The van der Waals surface area contributed by atoms with Gasteiger partial charge in [0.15, 0.2) is 0 Å². The molecule has 1 aliphatic rings. The minimum atomic E-state index is -4.54. The van der Waals surface area contributed by atoms with Crippen molar-refractivity contribution in [2.45, 2.75) is 19.2 Å². The number of aliphatic hydroxyl groups is 1. The lowest BCUT2D eigenvalue weighted by molar-refractivity contribution is -0.138. The van der Waals surface area contributed by atoms with Gasteiger partial charge in [0.2, 0.25) is 0 Å². The van der Waals surface area contributed by atoms with Crippen molar-refractivity contribution >= 4 is 5.91 Å². The standard InChI is InChI=1S/C15H19F3N2O2/c1-11(21)10-19-6-8-20(9-7-19)14(22)12-4-2-3-5-13(12)15(16,17)18/h2-5,11,21H,6-10H2,1H3/t11-/m0/s1. The molecule has 0 spiro atoms. The molecule has 4 nitrogen and oxygen atoms in total. The van der Waals surface area contributed by atoms with Crippen molar-refractivity contribution in [3.63, 3.8) is 0 Å². The van der Waals surface area contributed by atoms with Gasteiger partial charge in [-0.2, -0.15) is 13.2 Å². The van der Waals surface area contributed by atoms with E-state index in [-0.39, 0.29) is 5.56 Å². The van der Waals surface area contributed by atoms with Crippen LogP contribution in [0.25, 0.3) is 0 Å². The first kappa shape index (κ1) is 16.8. The maximum Gasteiger partial charge on any atom is 0.417 e. The third kappa shape index (κ3) is 3.98. The maximum atomic E-state index is 13.0. The minimum absolute atomic E-state index is 0.307. The highest BCUT2D eigenvalue weighted by Crippen LogP contribution is 2.32. The van der Waals surface area contributed by atoms with Crippen LogP contribution in [0.4, 0.5) is 13.2 Å². The Kier molecular flexibility index (Phi) is 5.08. The fourth-order valence-corrected chi connectivity index (χ4v) is 2.59. The van der Waals surface area contributed by atoms with Crippen molar-refractivity contribution in [2.75, 3.05) is 32.7 Å². The van der Waals surface area contributed by atoms with Crippen molar-refractivity contribution in [1.82, 2.24) is 9.80 Å². The molecule has 1 N–H and O–H groups in total. The lowest BCUT2D eigenvalue weighted by Crippen LogP contribution is -2.50. The summed E-state index contributed by atoms with van der Waals surface area (Å²) in [6, 6.07) is 4.86. The average molecular weight is 316 g/mol. The van der Waals surface area contributed by atoms with E-state index in [0.29, 0.717) is 32.7 Å². The molecule has 1 fully saturated rings. The first-order chi connectivity index (χ1) is 10.3. The van der Waals surface area contributed by atoms with Crippen LogP contribution in [0.1, 0.15) is 22.8 Å². The van der Waals surface area contributed by atoms with Gasteiger partial charge >= 0.3 is 6.18 Å². The van der Waals surface area contributed by atoms with E-state index in [0.717, 1.165) is 6.07 Å². The van der Waals surface area contributed by atoms with Crippen molar-refractivity contribution in [3.8, 4) is 0 Å². The van der Waals surface area contributed by atoms with Crippen LogP contribution >= 0.6 is 0 Å². The van der Waals surface area contributed by atoms with Gasteiger partial charge in [-0.25, -0.2) is 0 Å². The molecule has 0 radical (unpaired) electrons. The monoisotopic (exact) mass is 316 g/mol. The molecule has 22 heavy (non-hydrogen) atoms. The molecule has 1 aromatic carbocycles. The van der Waals surface area contributed by atoms with Crippen LogP contribution in [-0.2, 0) is 6.18 Å². The van der Waals surface area contributed by atoms with Gasteiger partial charge in [0, 0.05) is 32.7 Å². The van der Waals surface area contributed by atoms with Gasteiger partial charge in [0.25, 0.3) is 5.91 Å². The quantitative estimate of drug-likeness (QED) is 0.925. The molecule has 122 valence electrons. The second-order valence-electron chi connectivity index (χ2n) is 5.49. The summed E-state index contributed by atoms with van der Waals surface area (Å²) in [5.41, 5.74) is -1.20. The predicted octanol–water partition coefficient (Wildman–Crippen LogP) is 1.84. The van der Waals surface area contributed by atoms with Gasteiger partial charge < -0.3 is 10.0 Å². The largest absolute Gasteiger partial charge is 0.417 e. The lowest BCUT2D eigenvalue weighted by Gasteiger charge is -2.35. The number of halogens is 3. The molecule has 0 aliphatic carbocycles. The van der Waals surface area contributed by atoms with E-state index < -0.39 is 23.8 Å². The van der Waals surface area contributed by atoms with Crippen LogP contribution in [0.2, 0.25) is 0 Å². The first-order valence-electron chi connectivity index (χ1n) is 7.15. The van der Waals surface area contributed by atoms with Crippen molar-refractivity contribution in [2.24, 2.45) is 0 Å². The smallest absolute Gasteiger partial charge is 0.392 e. The number of hydrogen-bond acceptors (Lipinski definition) is 3. The van der Waals surface area contributed by atoms with Crippen molar-refractivity contribution in [1.29, 1.82) is 0 Å². The topological polar surface area (TPSA) is 43.8 Å². The van der Waals surface area contributed by atoms with E-state index in [4.69, 9.17) is 0 Å². The Morgan fingerprint density at radius 1 is 1.23 bits per heavy atom. The zero-order valence-corrected chi connectivity index (χ0v) is 12.3. The summed E-state index contributed by atoms with van der Waals surface area (Å²) in [7, 11) is 0. The maximum absolute atomic E-state index is 13.0. The third-order valence-corrected chi connectivity index (χ3v) is 3.64. The number of nitrogens with zero attached hydrogens (tertiary/aromatic N) is 2. The molecule has 0 unspecified atom stereocenters. The van der Waals surface area contributed by atoms with Gasteiger partial charge in [-0.05, 0) is 19.1 Å². The molecule has 1 amide bonds. The Balaban J connectivity index is 2.08. The van der Waals surface area contributed by atoms with Gasteiger partial charge in [-0.15, -0.1) is 0 Å². The van der Waals surface area contributed by atoms with Crippen LogP contribution in [0.15, 0.2) is 24.3 Å². The highest BCUT2D eigenvalue weighted by Gasteiger charge is 2.36. The number of rotatable bonds is 3. The van der Waals surface area contributed by atoms with Crippen LogP contribution in [0.5, 0.6) is 0 Å². The van der Waals surface area contributed by atoms with E-state index >= 15 is 0 Å². The van der Waals surface area contributed by atoms with Crippen LogP contribution < -0.4 is 0 Å². The number of benzene rings is 1. The number of amides is 1. The number of β-amino-alcohol motifs (C(OH)–C–C–N with tert-alkyl or cyclic N) is 1. The zero-order valence-electron chi connectivity index (χ0n) is 12.3. The third-order valence-electron chi connectivity index (χ3n) is 3.64. The first-order valence-corrected chi connectivity index (χ1v) is 7.15. The summed E-state index contributed by atoms with van der Waals surface area (Å²) in [4.78, 5) is 15.8. The molecule has 2 rings (SSSR count). The van der Waals surface area contributed by atoms with Gasteiger partial charge in [0.05, 0.1) is 17.2 Å². The molecular weight excluding hydrogens is 297 g/mol. The molecular formula is C15H19F3N2O2. The predicted molar refractivity (Wildman–Crippen MR) is 75.5 cm³/mol. The van der Waals surface area contributed by atoms with Crippen LogP contribution in [0, 0.1) is 0 Å². The Hall–Kier alpha value is -1.60. The Bertz CT molecular complexity index is 524. The number of carbonyl (C=O) groups is 1. The van der Waals surface area contributed by atoms with Crippen molar-refractivity contribution < 1.29 is 23.1 Å². The molecule has 1 saturated heterocycles. The van der Waals surface area contributed by atoms with Crippen LogP contribution in [-0.4, -0.2) is 59.6 Å². The van der Waals surface area contributed by atoms with Crippen molar-refractivity contribution in [3.05, 3.63) is 35.4 Å². The number of alkyl halides is 3. The second-order valence-corrected chi connectivity index (χ2v) is 5.49. The van der Waals surface area contributed by atoms with E-state index in [1.807, 2.05) is 4.90 Å². The molecule has 0 aromatic heterocycles. The number of hydrogen-bond donors (Lipinski definition) is 1. The number of aliphatic hydroxyl groups excluding tert-OH is 1. The van der Waals surface area contributed by atoms with E-state index in [1.165, 1.54) is 23.1 Å². The SMILES string of the molecule is C[C@H](O)CN1CCN(C(=O)c2ccccc2C(F)(F)F)CC1. The summed E-state index contributed by atoms with van der Waals surface area (Å²) in [5.74, 6) is -0.593. The summed E-state index contributed by atoms with van der Waals surface area (Å²) >= 11 is 0. The summed E-state index contributed by atoms with van der Waals surface area (Å²) < 4.78 is 38.9. The van der Waals surface area contributed by atoms with Gasteiger partial charge in [-0.3, -0.25) is 9.69 Å². The average Bonchev–Trinajstić information content (AvgIpc) is 2.46. The van der Waals surface area contributed by atoms with Crippen LogP contribution in [0.3, 0.4) is 0 Å². The number of carbonyl (C=O) groups excluding carboxylic acids is 1. The van der Waals surface area contributed by atoms with E-state index in [1.54, 1.807) is 6.92 Å². The minimum Gasteiger partial charge on any atom is -0.392 e. The summed E-state index contributed by atoms with van der Waals surface area (Å²) in [6.45, 7) is 3.99. The van der Waals surface area contributed by atoms with E-state index in [9.17, 15) is 23.1 Å². The normalized spacial score (nSPS) is 18.3. The zero-order chi connectivity index (χ0) is 16.3. The Morgan fingerprint density at radius 3 is 2.36 bits per heavy atom. The summed E-state index contributed by atoms with van der Waals surface area (Å²) in [6.07, 6.45) is -5.01. The van der Waals surface area contributed by atoms with E-state index in [2.05, 4.69) is 0 Å². The molecule has 0 bridgehead atoms. The van der Waals surface area contributed by atoms with Gasteiger partial charge in [-0.1, -0.05) is 12.1 Å². The number of piperazine rings is 1. The molecule has 1 aliphatic heterocycles.